The average Bonchev–Trinajstić information content (AvgIpc) is 2.75. The van der Waals surface area contributed by atoms with Gasteiger partial charge in [-0.15, -0.1) is 0 Å². The van der Waals surface area contributed by atoms with Crippen LogP contribution in [0.25, 0.3) is 11.1 Å². The van der Waals surface area contributed by atoms with E-state index in [1.165, 1.54) is 0 Å². The third-order valence-corrected chi connectivity index (χ3v) is 2.64. The molecule has 3 rings (SSSR count). The molecule has 1 aromatic carbocycles. The first kappa shape index (κ1) is 8.17. The molecule has 0 radical (unpaired) electrons. The molecule has 3 heteroatoms. The number of carbonyl (C=O) groups excluding carboxylic acids is 2. The number of Topliss-reactive ketones (excluding diaryl/α,β-unsaturated/α-hetero) is 2. The molecule has 0 fully saturated rings. The lowest BCUT2D eigenvalue weighted by molar-refractivity contribution is 0.0813. The maximum atomic E-state index is 11.7. The summed E-state index contributed by atoms with van der Waals surface area (Å²) in [5.41, 5.74) is 2.54. The standard InChI is InChI=1S/C12H7NO2/c14-11-9-4-2-1-3-7(9)8-5-6-13-10(8)12(11)15/h1-6,13H. The number of aromatic amines is 1. The van der Waals surface area contributed by atoms with E-state index in [-0.39, 0.29) is 0 Å². The molecule has 2 aromatic rings. The molecule has 0 saturated heterocycles. The predicted molar refractivity (Wildman–Crippen MR) is 54.9 cm³/mol. The number of hydrogen-bond donors (Lipinski definition) is 1. The largest absolute Gasteiger partial charge is 0.358 e. The molecular formula is C12H7NO2. The molecular weight excluding hydrogens is 190 g/mol. The van der Waals surface area contributed by atoms with Crippen molar-refractivity contribution in [3.63, 3.8) is 0 Å². The van der Waals surface area contributed by atoms with Gasteiger partial charge in [-0.25, -0.2) is 0 Å². The van der Waals surface area contributed by atoms with Crippen LogP contribution >= 0.6 is 0 Å². The maximum absolute atomic E-state index is 11.7. The summed E-state index contributed by atoms with van der Waals surface area (Å²) in [6.45, 7) is 0. The van der Waals surface area contributed by atoms with Gasteiger partial charge in [0.2, 0.25) is 11.6 Å². The van der Waals surface area contributed by atoms with Crippen molar-refractivity contribution < 1.29 is 9.59 Å². The smallest absolute Gasteiger partial charge is 0.250 e. The van der Waals surface area contributed by atoms with Crippen molar-refractivity contribution in [2.24, 2.45) is 0 Å². The van der Waals surface area contributed by atoms with Crippen LogP contribution in [-0.2, 0) is 0 Å². The lowest BCUT2D eigenvalue weighted by Gasteiger charge is -2.13. The molecule has 0 spiro atoms. The number of hydrogen-bond acceptors (Lipinski definition) is 2. The topological polar surface area (TPSA) is 49.9 Å². The fourth-order valence-electron chi connectivity index (χ4n) is 1.93. The van der Waals surface area contributed by atoms with Crippen molar-refractivity contribution in [2.45, 2.75) is 0 Å². The molecule has 1 heterocycles. The quantitative estimate of drug-likeness (QED) is 0.657. The zero-order chi connectivity index (χ0) is 10.4. The maximum Gasteiger partial charge on any atom is 0.250 e. The summed E-state index contributed by atoms with van der Waals surface area (Å²) in [4.78, 5) is 26.2. The van der Waals surface area contributed by atoms with E-state index in [9.17, 15) is 9.59 Å². The van der Waals surface area contributed by atoms with E-state index in [0.717, 1.165) is 11.1 Å². The van der Waals surface area contributed by atoms with Gasteiger partial charge in [-0.3, -0.25) is 9.59 Å². The summed E-state index contributed by atoms with van der Waals surface area (Å²) >= 11 is 0. The Morgan fingerprint density at radius 3 is 2.33 bits per heavy atom. The Balaban J connectivity index is 2.42. The second-order valence-corrected chi connectivity index (χ2v) is 3.47. The summed E-state index contributed by atoms with van der Waals surface area (Å²) in [6.07, 6.45) is 1.68. The molecule has 1 aliphatic carbocycles. The minimum absolute atomic E-state index is 0.402. The van der Waals surface area contributed by atoms with Crippen LogP contribution in [0.2, 0.25) is 0 Å². The number of H-pyrrole nitrogens is 1. The van der Waals surface area contributed by atoms with Crippen LogP contribution < -0.4 is 0 Å². The lowest BCUT2D eigenvalue weighted by Crippen LogP contribution is -2.20. The first-order valence-corrected chi connectivity index (χ1v) is 4.65. The van der Waals surface area contributed by atoms with E-state index < -0.39 is 11.6 Å². The Kier molecular flexibility index (Phi) is 1.45. The summed E-state index contributed by atoms with van der Waals surface area (Å²) in [5.74, 6) is -0.880. The Morgan fingerprint density at radius 2 is 1.53 bits per heavy atom. The number of fused-ring (bicyclic) bond motifs is 3. The second kappa shape index (κ2) is 2.67. The van der Waals surface area contributed by atoms with Crippen molar-refractivity contribution in [1.29, 1.82) is 0 Å². The van der Waals surface area contributed by atoms with Gasteiger partial charge in [0.1, 0.15) is 0 Å². The van der Waals surface area contributed by atoms with Gasteiger partial charge in [-0.05, 0) is 11.6 Å². The van der Waals surface area contributed by atoms with Gasteiger partial charge in [-0.2, -0.15) is 0 Å². The van der Waals surface area contributed by atoms with Gasteiger partial charge < -0.3 is 4.98 Å². The van der Waals surface area contributed by atoms with E-state index in [1.807, 2.05) is 18.2 Å². The summed E-state index contributed by atoms with van der Waals surface area (Å²) < 4.78 is 0. The first-order valence-electron chi connectivity index (χ1n) is 4.65. The number of aromatic nitrogens is 1. The molecule has 1 aliphatic rings. The van der Waals surface area contributed by atoms with Crippen LogP contribution in [0, 0.1) is 0 Å². The molecule has 72 valence electrons. The molecule has 3 nitrogen and oxygen atoms in total. The minimum Gasteiger partial charge on any atom is -0.358 e. The first-order chi connectivity index (χ1) is 7.29. The van der Waals surface area contributed by atoms with E-state index in [2.05, 4.69) is 4.98 Å². The molecule has 0 amide bonds. The number of carbonyl (C=O) groups is 2. The van der Waals surface area contributed by atoms with Gasteiger partial charge in [0.25, 0.3) is 0 Å². The van der Waals surface area contributed by atoms with Crippen LogP contribution in [0.4, 0.5) is 0 Å². The molecule has 15 heavy (non-hydrogen) atoms. The van der Waals surface area contributed by atoms with E-state index in [0.29, 0.717) is 11.3 Å². The van der Waals surface area contributed by atoms with Gasteiger partial charge in [-0.1, -0.05) is 24.3 Å². The van der Waals surface area contributed by atoms with Crippen molar-refractivity contribution >= 4 is 11.6 Å². The number of ketones is 2. The predicted octanol–water partition coefficient (Wildman–Crippen LogP) is 2.06. The molecule has 0 unspecified atom stereocenters. The Bertz CT molecular complexity index is 581. The Hall–Kier alpha value is -2.16. The van der Waals surface area contributed by atoms with Crippen LogP contribution in [-0.4, -0.2) is 16.6 Å². The highest BCUT2D eigenvalue weighted by Crippen LogP contribution is 2.32. The second-order valence-electron chi connectivity index (χ2n) is 3.47. The fourth-order valence-corrected chi connectivity index (χ4v) is 1.93. The van der Waals surface area contributed by atoms with Crippen LogP contribution in [0.1, 0.15) is 20.8 Å². The highest BCUT2D eigenvalue weighted by atomic mass is 16.2. The highest BCUT2D eigenvalue weighted by Gasteiger charge is 2.30. The number of benzene rings is 1. The minimum atomic E-state index is -0.450. The summed E-state index contributed by atoms with van der Waals surface area (Å²) in [6, 6.07) is 8.98. The van der Waals surface area contributed by atoms with Crippen molar-refractivity contribution in [3.8, 4) is 11.1 Å². The van der Waals surface area contributed by atoms with Crippen LogP contribution in [0.3, 0.4) is 0 Å². The third-order valence-electron chi connectivity index (χ3n) is 2.64. The normalized spacial score (nSPS) is 13.6. The van der Waals surface area contributed by atoms with Crippen molar-refractivity contribution in [3.05, 3.63) is 47.8 Å². The van der Waals surface area contributed by atoms with Crippen molar-refractivity contribution in [2.75, 3.05) is 0 Å². The molecule has 1 N–H and O–H groups in total. The lowest BCUT2D eigenvalue weighted by atomic mass is 9.88. The molecule has 1 aromatic heterocycles. The van der Waals surface area contributed by atoms with Crippen LogP contribution in [0.15, 0.2) is 36.5 Å². The van der Waals surface area contributed by atoms with Gasteiger partial charge in [0, 0.05) is 17.3 Å². The van der Waals surface area contributed by atoms with E-state index in [1.54, 1.807) is 18.3 Å². The van der Waals surface area contributed by atoms with Crippen molar-refractivity contribution in [1.82, 2.24) is 4.98 Å². The van der Waals surface area contributed by atoms with Crippen LogP contribution in [0.5, 0.6) is 0 Å². The summed E-state index contributed by atoms with van der Waals surface area (Å²) in [7, 11) is 0. The zero-order valence-corrected chi connectivity index (χ0v) is 7.78. The SMILES string of the molecule is O=C1C(=O)c2[nH]ccc2-c2ccccc21. The fraction of sp³-hybridized carbons (Fsp3) is 0. The average molecular weight is 197 g/mol. The zero-order valence-electron chi connectivity index (χ0n) is 7.78. The highest BCUT2D eigenvalue weighted by molar-refractivity contribution is 6.52. The third kappa shape index (κ3) is 0.944. The molecule has 0 atom stereocenters. The summed E-state index contributed by atoms with van der Waals surface area (Å²) in [5, 5.41) is 0. The molecule has 0 bridgehead atoms. The Morgan fingerprint density at radius 1 is 0.800 bits per heavy atom. The van der Waals surface area contributed by atoms with E-state index in [4.69, 9.17) is 0 Å². The van der Waals surface area contributed by atoms with Gasteiger partial charge in [0.15, 0.2) is 0 Å². The molecule has 0 saturated carbocycles. The molecule has 0 aliphatic heterocycles. The van der Waals surface area contributed by atoms with Gasteiger partial charge >= 0.3 is 0 Å². The Labute approximate surface area is 85.7 Å². The van der Waals surface area contributed by atoms with E-state index >= 15 is 0 Å². The van der Waals surface area contributed by atoms with Gasteiger partial charge in [0.05, 0.1) is 5.69 Å². The monoisotopic (exact) mass is 197 g/mol. The number of nitrogens with one attached hydrogen (secondary N) is 1. The number of rotatable bonds is 0.